The van der Waals surface area contributed by atoms with Crippen molar-refractivity contribution in [2.45, 2.75) is 32.1 Å². The number of rotatable bonds is 4. The Kier molecular flexibility index (Phi) is 5.88. The summed E-state index contributed by atoms with van der Waals surface area (Å²) >= 11 is 0. The third kappa shape index (κ3) is 3.75. The first kappa shape index (κ1) is 26.6. The normalized spacial score (nSPS) is 24.8. The molecule has 2 fully saturated rings. The number of carbonyl (C=O) groups excluding carboxylic acids is 4. The van der Waals surface area contributed by atoms with E-state index < -0.39 is 23.7 Å². The summed E-state index contributed by atoms with van der Waals surface area (Å²) in [7, 11) is 0. The number of imide groups is 1. The van der Waals surface area contributed by atoms with Gasteiger partial charge in [-0.05, 0) is 77.6 Å². The van der Waals surface area contributed by atoms with Gasteiger partial charge in [-0.2, -0.15) is 0 Å². The molecule has 44 heavy (non-hydrogen) atoms. The molecule has 0 saturated carbocycles. The summed E-state index contributed by atoms with van der Waals surface area (Å²) in [5.41, 5.74) is 7.88. The van der Waals surface area contributed by atoms with Crippen molar-refractivity contribution in [2.75, 3.05) is 16.3 Å². The van der Waals surface area contributed by atoms with Gasteiger partial charge in [0.05, 0.1) is 23.4 Å². The molecule has 2 aliphatic heterocycles. The number of hydrogen-bond acceptors (Lipinski definition) is 5. The van der Waals surface area contributed by atoms with Gasteiger partial charge >= 0.3 is 5.97 Å². The number of carbonyl (C=O) groups is 4. The predicted molar refractivity (Wildman–Crippen MR) is 164 cm³/mol. The van der Waals surface area contributed by atoms with Crippen LogP contribution in [0.15, 0.2) is 91.0 Å². The Balaban J connectivity index is 1.02. The summed E-state index contributed by atoms with van der Waals surface area (Å²) in [6.45, 7) is 4.22. The van der Waals surface area contributed by atoms with E-state index in [0.29, 0.717) is 11.4 Å². The number of ether oxygens (including phenoxy) is 1. The van der Waals surface area contributed by atoms with Gasteiger partial charge in [0.15, 0.2) is 0 Å². The van der Waals surface area contributed by atoms with Crippen LogP contribution >= 0.6 is 0 Å². The zero-order valence-corrected chi connectivity index (χ0v) is 24.4. The lowest BCUT2D eigenvalue weighted by Gasteiger charge is -2.45. The van der Waals surface area contributed by atoms with Crippen LogP contribution in [0.1, 0.15) is 51.6 Å². The van der Waals surface area contributed by atoms with E-state index in [1.54, 1.807) is 29.2 Å². The Bertz CT molecular complexity index is 1780. The molecule has 0 N–H and O–H groups in total. The van der Waals surface area contributed by atoms with E-state index in [9.17, 15) is 19.2 Å². The summed E-state index contributed by atoms with van der Waals surface area (Å²) < 4.78 is 5.67. The van der Waals surface area contributed by atoms with Crippen LogP contribution in [0.5, 0.6) is 5.75 Å². The lowest BCUT2D eigenvalue weighted by atomic mass is 9.55. The highest BCUT2D eigenvalue weighted by Gasteiger charge is 2.61. The van der Waals surface area contributed by atoms with Gasteiger partial charge < -0.3 is 9.64 Å². The molecule has 7 heteroatoms. The van der Waals surface area contributed by atoms with Crippen LogP contribution < -0.4 is 14.5 Å². The van der Waals surface area contributed by atoms with Gasteiger partial charge in [0.2, 0.25) is 17.7 Å². The van der Waals surface area contributed by atoms with E-state index in [1.807, 2.05) is 56.3 Å². The molecule has 0 aromatic heterocycles. The van der Waals surface area contributed by atoms with Gasteiger partial charge in [-0.1, -0.05) is 60.7 Å². The van der Waals surface area contributed by atoms with Gasteiger partial charge in [0.25, 0.3) is 0 Å². The van der Waals surface area contributed by atoms with Gasteiger partial charge in [-0.15, -0.1) is 0 Å². The molecule has 218 valence electrons. The van der Waals surface area contributed by atoms with E-state index >= 15 is 0 Å². The quantitative estimate of drug-likeness (QED) is 0.176. The Morgan fingerprint density at radius 2 is 1.25 bits per heavy atom. The minimum absolute atomic E-state index is 0.0803. The van der Waals surface area contributed by atoms with E-state index in [2.05, 4.69) is 24.3 Å². The van der Waals surface area contributed by atoms with Crippen LogP contribution in [0, 0.1) is 31.6 Å². The molecule has 4 aromatic carbocycles. The highest BCUT2D eigenvalue weighted by Crippen LogP contribution is 2.61. The zero-order chi connectivity index (χ0) is 30.3. The van der Waals surface area contributed by atoms with Crippen molar-refractivity contribution in [2.24, 2.45) is 17.8 Å². The lowest BCUT2D eigenvalue weighted by molar-refractivity contribution is -0.139. The van der Waals surface area contributed by atoms with Crippen molar-refractivity contribution in [3.8, 4) is 5.75 Å². The summed E-state index contributed by atoms with van der Waals surface area (Å²) in [5, 5.41) is 0. The second-order valence-corrected chi connectivity index (χ2v) is 12.3. The second kappa shape index (κ2) is 9.74. The third-order valence-electron chi connectivity index (χ3n) is 10.1. The van der Waals surface area contributed by atoms with E-state index in [1.165, 1.54) is 4.90 Å². The number of amides is 3. The van der Waals surface area contributed by atoms with Crippen molar-refractivity contribution in [3.05, 3.63) is 124 Å². The predicted octanol–water partition coefficient (Wildman–Crippen LogP) is 5.66. The monoisotopic (exact) mass is 582 g/mol. The fraction of sp³-hybridized carbons (Fsp3) is 0.243. The summed E-state index contributed by atoms with van der Waals surface area (Å²) in [6.07, 6.45) is 0.0803. The molecule has 2 bridgehead atoms. The Hall–Kier alpha value is -5.04. The van der Waals surface area contributed by atoms with Crippen LogP contribution in [0.2, 0.25) is 0 Å². The maximum absolute atomic E-state index is 14.0. The standard InChI is InChI=1S/C37H30N2O5/c1-20-8-7-13-29(21(20)2)38-19-22(18-30(38)40)37(43)44-24-16-14-23(15-17-24)39-35(41)33-31-25-9-3-4-10-26(25)32(34(33)36(39)42)28-12-6-5-11-27(28)31/h3-17,22,31-34H,18-19H2,1-2H3/t22-,31?,32?,33-,34+/m0/s1. The smallest absolute Gasteiger partial charge is 0.316 e. The molecule has 9 rings (SSSR count). The number of benzene rings is 4. The molecule has 0 radical (unpaired) electrons. The lowest BCUT2D eigenvalue weighted by Crippen LogP contribution is -2.41. The molecular weight excluding hydrogens is 552 g/mol. The molecule has 2 heterocycles. The van der Waals surface area contributed by atoms with Gasteiger partial charge in [0.1, 0.15) is 5.75 Å². The number of hydrogen-bond donors (Lipinski definition) is 0. The van der Waals surface area contributed by atoms with Crippen LogP contribution in [0.25, 0.3) is 0 Å². The molecule has 7 nitrogen and oxygen atoms in total. The fourth-order valence-corrected chi connectivity index (χ4v) is 7.92. The van der Waals surface area contributed by atoms with Crippen molar-refractivity contribution in [1.82, 2.24) is 0 Å². The summed E-state index contributed by atoms with van der Waals surface area (Å²) in [5.74, 6) is -2.54. The van der Waals surface area contributed by atoms with E-state index in [4.69, 9.17) is 4.74 Å². The van der Waals surface area contributed by atoms with Crippen LogP contribution in [0.3, 0.4) is 0 Å². The van der Waals surface area contributed by atoms with Gasteiger partial charge in [-0.3, -0.25) is 19.2 Å². The fourth-order valence-electron chi connectivity index (χ4n) is 7.92. The Morgan fingerprint density at radius 1 is 0.705 bits per heavy atom. The largest absolute Gasteiger partial charge is 0.426 e. The summed E-state index contributed by atoms with van der Waals surface area (Å²) in [6, 6.07) is 28.6. The minimum Gasteiger partial charge on any atom is -0.426 e. The number of aryl methyl sites for hydroxylation is 1. The molecule has 3 aliphatic carbocycles. The average Bonchev–Trinajstić information content (AvgIpc) is 3.55. The SMILES string of the molecule is Cc1cccc(N2C[C@@H](C(=O)Oc3ccc(N4C(=O)[C@@H]5C6c7ccccc7C(c7ccccc76)[C@@H]5C4=O)cc3)CC2=O)c1C. The van der Waals surface area contributed by atoms with Crippen molar-refractivity contribution in [1.29, 1.82) is 0 Å². The van der Waals surface area contributed by atoms with Crippen LogP contribution in [0.4, 0.5) is 11.4 Å². The molecule has 3 atom stereocenters. The number of anilines is 2. The molecule has 3 amide bonds. The number of esters is 1. The highest BCUT2D eigenvalue weighted by molar-refractivity contribution is 6.23. The van der Waals surface area contributed by atoms with Crippen molar-refractivity contribution < 1.29 is 23.9 Å². The molecule has 4 aromatic rings. The first-order valence-electron chi connectivity index (χ1n) is 15.1. The zero-order valence-electron chi connectivity index (χ0n) is 24.4. The molecule has 0 spiro atoms. The van der Waals surface area contributed by atoms with Crippen LogP contribution in [-0.2, 0) is 19.2 Å². The Morgan fingerprint density at radius 3 is 1.80 bits per heavy atom. The maximum Gasteiger partial charge on any atom is 0.316 e. The molecule has 5 aliphatic rings. The summed E-state index contributed by atoms with van der Waals surface area (Å²) in [4.78, 5) is 56.9. The second-order valence-electron chi connectivity index (χ2n) is 12.3. The van der Waals surface area contributed by atoms with Crippen LogP contribution in [-0.4, -0.2) is 30.2 Å². The molecule has 0 unspecified atom stereocenters. The maximum atomic E-state index is 14.0. The number of nitrogens with zero attached hydrogens (tertiary/aromatic N) is 2. The topological polar surface area (TPSA) is 84.0 Å². The molecule has 2 saturated heterocycles. The minimum atomic E-state index is -0.592. The van der Waals surface area contributed by atoms with Gasteiger partial charge in [0, 0.05) is 30.5 Å². The average molecular weight is 583 g/mol. The van der Waals surface area contributed by atoms with Crippen molar-refractivity contribution >= 4 is 35.1 Å². The third-order valence-corrected chi connectivity index (χ3v) is 10.1. The Labute approximate surface area is 255 Å². The van der Waals surface area contributed by atoms with Crippen molar-refractivity contribution in [3.63, 3.8) is 0 Å². The van der Waals surface area contributed by atoms with Gasteiger partial charge in [-0.25, -0.2) is 4.90 Å². The van der Waals surface area contributed by atoms with E-state index in [-0.39, 0.29) is 42.5 Å². The first-order chi connectivity index (χ1) is 21.3. The highest BCUT2D eigenvalue weighted by atomic mass is 16.5. The first-order valence-corrected chi connectivity index (χ1v) is 15.1. The molecular formula is C37H30N2O5. The van der Waals surface area contributed by atoms with E-state index in [0.717, 1.165) is 39.1 Å².